The molecule has 0 saturated carbocycles. The van der Waals surface area contributed by atoms with Crippen LogP contribution in [0.1, 0.15) is 54.9 Å². The van der Waals surface area contributed by atoms with Crippen LogP contribution in [0.4, 0.5) is 4.79 Å². The fraction of sp³-hybridized carbons (Fsp3) is 0.429. The van der Waals surface area contributed by atoms with Crippen LogP contribution in [0.2, 0.25) is 0 Å². The van der Waals surface area contributed by atoms with Crippen LogP contribution in [0, 0.1) is 5.92 Å². The van der Waals surface area contributed by atoms with Gasteiger partial charge in [0.15, 0.2) is 20.7 Å². The predicted molar refractivity (Wildman–Crippen MR) is 200 cm³/mol. The number of hydrogen-bond acceptors (Lipinski definition) is 9. The molecule has 17 heteroatoms. The van der Waals surface area contributed by atoms with Crippen LogP contribution in [0.3, 0.4) is 0 Å². The number of furan rings is 1. The largest absolute Gasteiger partial charge is 0.467 e. The highest BCUT2D eigenvalue weighted by Crippen LogP contribution is 2.23. The molecule has 2 aliphatic rings. The molecule has 0 radical (unpaired) electrons. The Morgan fingerprint density at radius 1 is 0.962 bits per heavy atom. The van der Waals surface area contributed by atoms with E-state index in [0.717, 1.165) is 22.7 Å². The number of allylic oxidation sites excluding steroid dienone is 1. The van der Waals surface area contributed by atoms with Crippen LogP contribution in [0.25, 0.3) is 5.69 Å². The minimum absolute atomic E-state index is 0.0370. The van der Waals surface area contributed by atoms with Gasteiger partial charge in [0.25, 0.3) is 0 Å². The summed E-state index contributed by atoms with van der Waals surface area (Å²) in [6.45, 7) is 6.02. The molecule has 3 heterocycles. The van der Waals surface area contributed by atoms with E-state index in [0.29, 0.717) is 49.1 Å². The summed E-state index contributed by atoms with van der Waals surface area (Å²) in [6.07, 6.45) is 6.20. The SMILES string of the molecule is CC(C)CNC(=O)CCNC(=O)NCC1=CC(=O)c2cnn(-c3ccccc3)c2C1.O=C(CCNC(=S)NCc1ccco1)NC1CCS(=O)(=O)C1. The molecule has 1 saturated heterocycles. The molecule has 1 aromatic carbocycles. The van der Waals surface area contributed by atoms with Gasteiger partial charge in [-0.1, -0.05) is 32.0 Å². The summed E-state index contributed by atoms with van der Waals surface area (Å²) in [6, 6.07) is 12.6. The second-order valence-corrected chi connectivity index (χ2v) is 15.4. The maximum Gasteiger partial charge on any atom is 0.315 e. The summed E-state index contributed by atoms with van der Waals surface area (Å²) >= 11 is 5.08. The third-order valence-electron chi connectivity index (χ3n) is 7.92. The first-order chi connectivity index (χ1) is 24.9. The van der Waals surface area contributed by atoms with E-state index in [1.807, 2.05) is 50.2 Å². The molecular formula is C35H46N8O7S2. The number of rotatable bonds is 14. The second kappa shape index (κ2) is 19.5. The number of hydrogen-bond donors (Lipinski definition) is 6. The first-order valence-corrected chi connectivity index (χ1v) is 19.3. The maximum absolute atomic E-state index is 12.4. The van der Waals surface area contributed by atoms with Crippen molar-refractivity contribution >= 4 is 50.8 Å². The van der Waals surface area contributed by atoms with E-state index >= 15 is 0 Å². The van der Waals surface area contributed by atoms with E-state index < -0.39 is 9.84 Å². The number of urea groups is 1. The van der Waals surface area contributed by atoms with E-state index in [1.54, 1.807) is 29.3 Å². The number of amides is 4. The van der Waals surface area contributed by atoms with Crippen LogP contribution in [0.15, 0.2) is 71.0 Å². The smallest absolute Gasteiger partial charge is 0.315 e. The molecular weight excluding hydrogens is 709 g/mol. The Hall–Kier alpha value is -5.03. The number of carbonyl (C=O) groups excluding carboxylic acids is 4. The highest BCUT2D eigenvalue weighted by molar-refractivity contribution is 7.91. The average molecular weight is 755 g/mol. The number of nitrogens with zero attached hydrogens (tertiary/aromatic N) is 2. The number of ketones is 1. The fourth-order valence-electron chi connectivity index (χ4n) is 5.28. The van der Waals surface area contributed by atoms with Gasteiger partial charge in [0.2, 0.25) is 11.8 Å². The van der Waals surface area contributed by atoms with Crippen molar-refractivity contribution in [2.75, 3.05) is 37.7 Å². The number of nitrogens with one attached hydrogen (secondary N) is 6. The normalized spacial score (nSPS) is 15.7. The summed E-state index contributed by atoms with van der Waals surface area (Å²) in [5.74, 6) is 0.957. The molecule has 3 aromatic rings. The van der Waals surface area contributed by atoms with Crippen LogP contribution in [0.5, 0.6) is 0 Å². The fourth-order valence-corrected chi connectivity index (χ4v) is 7.13. The van der Waals surface area contributed by atoms with E-state index in [1.165, 1.54) is 0 Å². The van der Waals surface area contributed by atoms with Crippen molar-refractivity contribution in [1.29, 1.82) is 0 Å². The van der Waals surface area contributed by atoms with Crippen LogP contribution >= 0.6 is 12.2 Å². The topological polar surface area (TPSA) is 206 Å². The van der Waals surface area contributed by atoms with Crippen LogP contribution < -0.4 is 31.9 Å². The number of benzene rings is 1. The molecule has 0 bridgehead atoms. The summed E-state index contributed by atoms with van der Waals surface area (Å²) in [5.41, 5.74) is 3.08. The van der Waals surface area contributed by atoms with Gasteiger partial charge in [-0.05, 0) is 60.5 Å². The van der Waals surface area contributed by atoms with Gasteiger partial charge in [0.05, 0.1) is 47.5 Å². The van der Waals surface area contributed by atoms with E-state index in [4.69, 9.17) is 16.6 Å². The molecule has 52 heavy (non-hydrogen) atoms. The Balaban J connectivity index is 0.000000244. The molecule has 0 spiro atoms. The van der Waals surface area contributed by atoms with Gasteiger partial charge in [-0.25, -0.2) is 17.9 Å². The Morgan fingerprint density at radius 2 is 1.71 bits per heavy atom. The first-order valence-electron chi connectivity index (χ1n) is 17.1. The van der Waals surface area contributed by atoms with Gasteiger partial charge >= 0.3 is 6.03 Å². The van der Waals surface area contributed by atoms with Crippen molar-refractivity contribution < 1.29 is 32.0 Å². The van der Waals surface area contributed by atoms with E-state index in [2.05, 4.69) is 37.0 Å². The Labute approximate surface area is 308 Å². The number of fused-ring (bicyclic) bond motifs is 1. The van der Waals surface area contributed by atoms with Gasteiger partial charge in [-0.15, -0.1) is 0 Å². The van der Waals surface area contributed by atoms with Crippen molar-refractivity contribution in [3.05, 3.63) is 83.6 Å². The lowest BCUT2D eigenvalue weighted by Gasteiger charge is -2.16. The molecule has 1 atom stereocenters. The highest BCUT2D eigenvalue weighted by atomic mass is 32.2. The third kappa shape index (κ3) is 13.3. The number of sulfone groups is 1. The monoisotopic (exact) mass is 754 g/mol. The van der Waals surface area contributed by atoms with Crippen molar-refractivity contribution in [2.45, 2.75) is 52.1 Å². The first kappa shape index (κ1) is 39.8. The van der Waals surface area contributed by atoms with Gasteiger partial charge < -0.3 is 36.3 Å². The standard InChI is InChI=1S/C22H27N5O3.C13H19N3O4S2/c1-15(2)12-24-21(29)8-9-23-22(30)25-13-16-10-19-18(20(28)11-16)14-26-27(19)17-6-4-3-5-7-17;17-12(16-10-4-7-22(18,19)9-10)3-5-14-13(21)15-8-11-2-1-6-20-11/h3-7,11,14-15H,8-10,12-13H2,1-2H3,(H,24,29)(H2,23,25,30);1-2,6,10H,3-5,7-9H2,(H,16,17)(H2,14,15,21). The zero-order chi connectivity index (χ0) is 37.5. The summed E-state index contributed by atoms with van der Waals surface area (Å²) in [5, 5.41) is 21.6. The van der Waals surface area contributed by atoms with Gasteiger partial charge in [0.1, 0.15) is 5.76 Å². The van der Waals surface area contributed by atoms with Crippen molar-refractivity contribution in [1.82, 2.24) is 41.7 Å². The quantitative estimate of drug-likeness (QED) is 0.131. The zero-order valence-corrected chi connectivity index (χ0v) is 30.9. The molecule has 1 unspecified atom stereocenters. The van der Waals surface area contributed by atoms with Gasteiger partial charge in [-0.3, -0.25) is 14.4 Å². The minimum atomic E-state index is -2.97. The number of carbonyl (C=O) groups is 4. The van der Waals surface area contributed by atoms with Crippen molar-refractivity contribution in [3.63, 3.8) is 0 Å². The summed E-state index contributed by atoms with van der Waals surface area (Å²) in [4.78, 5) is 47.8. The highest BCUT2D eigenvalue weighted by Gasteiger charge is 2.28. The number of aromatic nitrogens is 2. The molecule has 4 amide bonds. The molecule has 1 fully saturated rings. The Morgan fingerprint density at radius 3 is 2.40 bits per heavy atom. The minimum Gasteiger partial charge on any atom is -0.467 e. The number of para-hydroxylation sites is 1. The molecule has 5 rings (SSSR count). The molecule has 2 aromatic heterocycles. The molecule has 1 aliphatic carbocycles. The van der Waals surface area contributed by atoms with Crippen molar-refractivity contribution in [3.8, 4) is 5.69 Å². The third-order valence-corrected chi connectivity index (χ3v) is 9.98. The average Bonchev–Trinajstić information content (AvgIpc) is 3.86. The van der Waals surface area contributed by atoms with Gasteiger partial charge in [-0.2, -0.15) is 5.10 Å². The lowest BCUT2D eigenvalue weighted by Crippen LogP contribution is -2.39. The Kier molecular flexibility index (Phi) is 14.9. The summed E-state index contributed by atoms with van der Waals surface area (Å²) < 4.78 is 29.5. The Bertz CT molecular complexity index is 1820. The van der Waals surface area contributed by atoms with Gasteiger partial charge in [0, 0.05) is 51.5 Å². The molecule has 1 aliphatic heterocycles. The molecule has 280 valence electrons. The van der Waals surface area contributed by atoms with E-state index in [-0.39, 0.29) is 67.1 Å². The van der Waals surface area contributed by atoms with Crippen molar-refractivity contribution in [2.24, 2.45) is 5.92 Å². The summed E-state index contributed by atoms with van der Waals surface area (Å²) in [7, 11) is -2.97. The molecule has 15 nitrogen and oxygen atoms in total. The lowest BCUT2D eigenvalue weighted by atomic mass is 9.96. The predicted octanol–water partition coefficient (Wildman–Crippen LogP) is 1.94. The molecule has 6 N–H and O–H groups in total. The van der Waals surface area contributed by atoms with E-state index in [9.17, 15) is 27.6 Å². The number of thiocarbonyl (C=S) groups is 1. The zero-order valence-electron chi connectivity index (χ0n) is 29.3. The maximum atomic E-state index is 12.4. The second-order valence-electron chi connectivity index (χ2n) is 12.8. The van der Waals surface area contributed by atoms with Crippen LogP contribution in [-0.4, -0.2) is 90.7 Å². The lowest BCUT2D eigenvalue weighted by molar-refractivity contribution is -0.122. The van der Waals surface area contributed by atoms with Crippen LogP contribution in [-0.2, 0) is 32.4 Å².